The highest BCUT2D eigenvalue weighted by molar-refractivity contribution is 5.81. The molecule has 1 aromatic rings. The normalized spacial score (nSPS) is 25.3. The monoisotopic (exact) mass is 430 g/mol. The van der Waals surface area contributed by atoms with Crippen molar-refractivity contribution in [1.82, 2.24) is 19.8 Å². The number of ether oxygens (including phenoxy) is 1. The maximum absolute atomic E-state index is 12.8. The van der Waals surface area contributed by atoms with E-state index in [0.29, 0.717) is 26.2 Å². The third kappa shape index (κ3) is 5.00. The molecule has 170 valence electrons. The number of piperidine rings is 2. The highest BCUT2D eigenvalue weighted by Crippen LogP contribution is 2.30. The molecule has 4 heterocycles. The van der Waals surface area contributed by atoms with E-state index in [9.17, 15) is 14.4 Å². The fourth-order valence-electron chi connectivity index (χ4n) is 5.03. The number of aromatic amines is 1. The first-order chi connectivity index (χ1) is 14.9. The van der Waals surface area contributed by atoms with Gasteiger partial charge in [-0.2, -0.15) is 0 Å². The van der Waals surface area contributed by atoms with Crippen molar-refractivity contribution in [3.05, 3.63) is 27.9 Å². The molecule has 0 spiro atoms. The summed E-state index contributed by atoms with van der Waals surface area (Å²) in [4.78, 5) is 49.0. The van der Waals surface area contributed by atoms with Crippen LogP contribution in [0.25, 0.3) is 0 Å². The Morgan fingerprint density at radius 1 is 1.06 bits per heavy atom. The van der Waals surface area contributed by atoms with E-state index >= 15 is 0 Å². The summed E-state index contributed by atoms with van der Waals surface area (Å²) in [5, 5.41) is 0. The number of nitrogens with zero attached hydrogens (tertiary/aromatic N) is 3. The van der Waals surface area contributed by atoms with Crippen LogP contribution in [-0.4, -0.2) is 70.5 Å². The number of hydrogen-bond donors (Lipinski definition) is 1. The number of carbonyl (C=O) groups excluding carboxylic acids is 2. The van der Waals surface area contributed by atoms with Crippen molar-refractivity contribution in [2.45, 2.75) is 70.3 Å². The van der Waals surface area contributed by atoms with Gasteiger partial charge in [-0.3, -0.25) is 14.4 Å². The summed E-state index contributed by atoms with van der Waals surface area (Å²) < 4.78 is 5.58. The van der Waals surface area contributed by atoms with Crippen molar-refractivity contribution in [2.24, 2.45) is 5.92 Å². The Hall–Kier alpha value is -2.22. The number of rotatable bonds is 4. The number of aromatic nitrogens is 2. The highest BCUT2D eigenvalue weighted by Gasteiger charge is 2.33. The largest absolute Gasteiger partial charge is 0.368 e. The molecule has 0 radical (unpaired) electrons. The molecule has 3 fully saturated rings. The minimum absolute atomic E-state index is 0.00407. The van der Waals surface area contributed by atoms with Gasteiger partial charge in [0.1, 0.15) is 11.9 Å². The van der Waals surface area contributed by atoms with Crippen LogP contribution in [0.2, 0.25) is 0 Å². The van der Waals surface area contributed by atoms with E-state index in [4.69, 9.17) is 9.72 Å². The first kappa shape index (κ1) is 22.0. The molecule has 1 aromatic heterocycles. The summed E-state index contributed by atoms with van der Waals surface area (Å²) in [5.74, 6) is 1.22. The summed E-state index contributed by atoms with van der Waals surface area (Å²) in [5.41, 5.74) is 0.646. The molecule has 2 unspecified atom stereocenters. The molecule has 8 nitrogen and oxygen atoms in total. The fourth-order valence-corrected chi connectivity index (χ4v) is 5.03. The first-order valence-electron chi connectivity index (χ1n) is 11.7. The van der Waals surface area contributed by atoms with Gasteiger partial charge in [-0.05, 0) is 38.5 Å². The van der Waals surface area contributed by atoms with Gasteiger partial charge in [-0.1, -0.05) is 13.8 Å². The van der Waals surface area contributed by atoms with Gasteiger partial charge in [0.15, 0.2) is 0 Å². The number of carbonyl (C=O) groups is 2. The SMILES string of the molecule is CC(C)C(=O)N1CCC(c2nc(C3CCCN(C(=O)C4CCCO4)C3)cc(=O)[nH]2)CC1. The maximum atomic E-state index is 12.8. The Bertz CT molecular complexity index is 853. The van der Waals surface area contributed by atoms with Gasteiger partial charge in [0, 0.05) is 56.6 Å². The maximum Gasteiger partial charge on any atom is 0.251 e. The zero-order chi connectivity index (χ0) is 22.0. The van der Waals surface area contributed by atoms with Gasteiger partial charge in [0.05, 0.1) is 5.69 Å². The Labute approximate surface area is 183 Å². The van der Waals surface area contributed by atoms with E-state index in [1.54, 1.807) is 6.07 Å². The Morgan fingerprint density at radius 2 is 1.84 bits per heavy atom. The number of H-pyrrole nitrogens is 1. The first-order valence-corrected chi connectivity index (χ1v) is 11.7. The summed E-state index contributed by atoms with van der Waals surface area (Å²) in [7, 11) is 0. The van der Waals surface area contributed by atoms with Crippen LogP contribution >= 0.6 is 0 Å². The molecule has 3 saturated heterocycles. The number of amides is 2. The summed E-state index contributed by atoms with van der Waals surface area (Å²) >= 11 is 0. The average Bonchev–Trinajstić information content (AvgIpc) is 3.33. The Balaban J connectivity index is 1.43. The smallest absolute Gasteiger partial charge is 0.251 e. The Morgan fingerprint density at radius 3 is 2.52 bits per heavy atom. The number of hydrogen-bond acceptors (Lipinski definition) is 5. The Kier molecular flexibility index (Phi) is 6.74. The lowest BCUT2D eigenvalue weighted by atomic mass is 9.92. The second-order valence-electron chi connectivity index (χ2n) is 9.43. The topological polar surface area (TPSA) is 95.6 Å². The van der Waals surface area contributed by atoms with Crippen molar-refractivity contribution in [3.8, 4) is 0 Å². The molecule has 31 heavy (non-hydrogen) atoms. The second-order valence-corrected chi connectivity index (χ2v) is 9.43. The van der Waals surface area contributed by atoms with Crippen LogP contribution in [0.15, 0.2) is 10.9 Å². The van der Waals surface area contributed by atoms with Gasteiger partial charge < -0.3 is 19.5 Å². The molecule has 2 atom stereocenters. The third-order valence-electron chi connectivity index (χ3n) is 6.82. The van der Waals surface area contributed by atoms with Crippen LogP contribution in [0.4, 0.5) is 0 Å². The minimum atomic E-state index is -0.305. The summed E-state index contributed by atoms with van der Waals surface area (Å²) in [6.07, 6.45) is 4.87. The number of nitrogens with one attached hydrogen (secondary N) is 1. The van der Waals surface area contributed by atoms with Crippen LogP contribution in [0, 0.1) is 5.92 Å². The lowest BCUT2D eigenvalue weighted by molar-refractivity contribution is -0.142. The molecule has 0 saturated carbocycles. The molecule has 1 N–H and O–H groups in total. The van der Waals surface area contributed by atoms with Crippen molar-refractivity contribution in [2.75, 3.05) is 32.8 Å². The third-order valence-corrected chi connectivity index (χ3v) is 6.82. The van der Waals surface area contributed by atoms with Gasteiger partial charge in [-0.15, -0.1) is 0 Å². The zero-order valence-corrected chi connectivity index (χ0v) is 18.6. The van der Waals surface area contributed by atoms with E-state index in [-0.39, 0.29) is 41.2 Å². The quantitative estimate of drug-likeness (QED) is 0.788. The molecule has 3 aliphatic rings. The van der Waals surface area contributed by atoms with E-state index in [0.717, 1.165) is 56.6 Å². The number of likely N-dealkylation sites (tertiary alicyclic amines) is 2. The molecule has 8 heteroatoms. The van der Waals surface area contributed by atoms with Crippen LogP contribution < -0.4 is 5.56 Å². The summed E-state index contributed by atoms with van der Waals surface area (Å²) in [6, 6.07) is 1.59. The predicted molar refractivity (Wildman–Crippen MR) is 116 cm³/mol. The molecule has 2 amide bonds. The summed E-state index contributed by atoms with van der Waals surface area (Å²) in [6.45, 7) is 7.24. The van der Waals surface area contributed by atoms with Crippen molar-refractivity contribution >= 4 is 11.8 Å². The van der Waals surface area contributed by atoms with Crippen LogP contribution in [0.3, 0.4) is 0 Å². The van der Waals surface area contributed by atoms with Crippen LogP contribution in [0.5, 0.6) is 0 Å². The van der Waals surface area contributed by atoms with E-state index in [2.05, 4.69) is 4.98 Å². The van der Waals surface area contributed by atoms with E-state index < -0.39 is 0 Å². The van der Waals surface area contributed by atoms with Crippen molar-refractivity contribution in [1.29, 1.82) is 0 Å². The molecule has 3 aliphatic heterocycles. The lowest BCUT2D eigenvalue weighted by Crippen LogP contribution is -2.44. The molecular weight excluding hydrogens is 396 g/mol. The second kappa shape index (κ2) is 9.51. The van der Waals surface area contributed by atoms with Gasteiger partial charge in [0.2, 0.25) is 5.91 Å². The predicted octanol–water partition coefficient (Wildman–Crippen LogP) is 2.02. The van der Waals surface area contributed by atoms with Crippen LogP contribution in [-0.2, 0) is 14.3 Å². The van der Waals surface area contributed by atoms with Gasteiger partial charge >= 0.3 is 0 Å². The molecule has 0 bridgehead atoms. The average molecular weight is 431 g/mol. The van der Waals surface area contributed by atoms with Crippen molar-refractivity contribution in [3.63, 3.8) is 0 Å². The lowest BCUT2D eigenvalue weighted by Gasteiger charge is -2.34. The van der Waals surface area contributed by atoms with Gasteiger partial charge in [-0.25, -0.2) is 4.98 Å². The van der Waals surface area contributed by atoms with E-state index in [1.165, 1.54) is 0 Å². The van der Waals surface area contributed by atoms with Crippen LogP contribution in [0.1, 0.15) is 75.7 Å². The van der Waals surface area contributed by atoms with E-state index in [1.807, 2.05) is 23.6 Å². The standard InChI is InChI=1S/C23H34N4O4/c1-15(2)22(29)26-10-7-16(8-11-26)21-24-18(13-20(28)25-21)17-5-3-9-27(14-17)23(30)19-6-4-12-31-19/h13,15-17,19H,3-12,14H2,1-2H3,(H,24,25,28). The molecule has 4 rings (SSSR count). The fraction of sp³-hybridized carbons (Fsp3) is 0.739. The van der Waals surface area contributed by atoms with Crippen molar-refractivity contribution < 1.29 is 14.3 Å². The van der Waals surface area contributed by atoms with Gasteiger partial charge in [0.25, 0.3) is 11.5 Å². The zero-order valence-electron chi connectivity index (χ0n) is 18.6. The molecular formula is C23H34N4O4. The minimum Gasteiger partial charge on any atom is -0.368 e. The molecule has 0 aliphatic carbocycles. The molecule has 0 aromatic carbocycles. The highest BCUT2D eigenvalue weighted by atomic mass is 16.5.